The van der Waals surface area contributed by atoms with Crippen LogP contribution >= 0.6 is 0 Å². The molecule has 0 aromatic heterocycles. The van der Waals surface area contributed by atoms with Gasteiger partial charge in [-0.1, -0.05) is 42.0 Å². The molecule has 0 fully saturated rings. The first-order valence-electron chi connectivity index (χ1n) is 6.68. The van der Waals surface area contributed by atoms with E-state index in [0.717, 1.165) is 5.56 Å². The second-order valence-electron chi connectivity index (χ2n) is 4.94. The largest absolute Gasteiger partial charge is 1.00 e. The van der Waals surface area contributed by atoms with Gasteiger partial charge in [0.25, 0.3) is 0 Å². The fourth-order valence-corrected chi connectivity index (χ4v) is 2.29. The predicted octanol–water partition coefficient (Wildman–Crippen LogP) is 2.41. The molecular formula is C19H13F2Rb. The minimum atomic E-state index is -0.820. The van der Waals surface area contributed by atoms with Crippen molar-refractivity contribution >= 4 is 0 Å². The molecule has 0 saturated heterocycles. The maximum Gasteiger partial charge on any atom is 1.00 e. The van der Waals surface area contributed by atoms with E-state index in [-0.39, 0.29) is 69.3 Å². The molecule has 3 heteroatoms. The zero-order chi connectivity index (χ0) is 14.8. The number of aryl methyl sites for hydroxylation is 1. The van der Waals surface area contributed by atoms with Gasteiger partial charge in [0.15, 0.2) is 11.6 Å². The monoisotopic (exact) mass is 364 g/mol. The van der Waals surface area contributed by atoms with Gasteiger partial charge < -0.3 is 0 Å². The van der Waals surface area contributed by atoms with E-state index in [1.807, 2.05) is 19.1 Å². The number of benzene rings is 3. The first kappa shape index (κ1) is 17.7. The van der Waals surface area contributed by atoms with Gasteiger partial charge >= 0.3 is 58.2 Å². The molecule has 0 atom stereocenters. The van der Waals surface area contributed by atoms with Crippen LogP contribution in [0.4, 0.5) is 8.78 Å². The van der Waals surface area contributed by atoms with Crippen molar-refractivity contribution < 1.29 is 67.0 Å². The number of hydrogen-bond acceptors (Lipinski definition) is 0. The molecule has 0 spiro atoms. The Balaban J connectivity index is 0.00000176. The van der Waals surface area contributed by atoms with Crippen molar-refractivity contribution in [2.75, 3.05) is 0 Å². The Labute approximate surface area is 178 Å². The summed E-state index contributed by atoms with van der Waals surface area (Å²) in [4.78, 5) is 0. The third-order valence-electron chi connectivity index (χ3n) is 3.47. The number of halogens is 2. The van der Waals surface area contributed by atoms with Crippen molar-refractivity contribution in [3.8, 4) is 22.3 Å². The quantitative estimate of drug-likeness (QED) is 0.613. The van der Waals surface area contributed by atoms with Gasteiger partial charge in [0, 0.05) is 5.56 Å². The Kier molecular flexibility index (Phi) is 6.22. The maximum atomic E-state index is 14.4. The first-order valence-corrected chi connectivity index (χ1v) is 6.68. The van der Waals surface area contributed by atoms with Crippen molar-refractivity contribution in [1.82, 2.24) is 0 Å². The molecule has 0 radical (unpaired) electrons. The molecule has 0 bridgehead atoms. The molecule has 104 valence electrons. The molecule has 22 heavy (non-hydrogen) atoms. The molecule has 0 aliphatic heterocycles. The maximum absolute atomic E-state index is 14.4. The van der Waals surface area contributed by atoms with Gasteiger partial charge in [-0.2, -0.15) is 30.3 Å². The number of rotatable bonds is 2. The fourth-order valence-electron chi connectivity index (χ4n) is 2.29. The molecule has 3 rings (SSSR count). The SMILES string of the molecule is Cc1ccc(-c2ccc(-c3cc[c-]cc3)c(F)c2F)cc1.[Rb+]. The van der Waals surface area contributed by atoms with E-state index in [9.17, 15) is 8.78 Å². The van der Waals surface area contributed by atoms with E-state index in [0.29, 0.717) is 11.1 Å². The van der Waals surface area contributed by atoms with Crippen LogP contribution in [0.15, 0.2) is 60.7 Å². The van der Waals surface area contributed by atoms with Crippen LogP contribution in [0.3, 0.4) is 0 Å². The second kappa shape index (κ2) is 7.74. The van der Waals surface area contributed by atoms with Gasteiger partial charge in [-0.25, -0.2) is 8.78 Å². The van der Waals surface area contributed by atoms with Crippen LogP contribution in [0.2, 0.25) is 0 Å². The third kappa shape index (κ3) is 3.62. The molecule has 0 aliphatic rings. The molecule has 3 aromatic carbocycles. The van der Waals surface area contributed by atoms with Crippen LogP contribution in [0.25, 0.3) is 22.3 Å². The molecule has 0 aliphatic carbocycles. The van der Waals surface area contributed by atoms with Crippen molar-refractivity contribution in [3.63, 3.8) is 0 Å². The Morgan fingerprint density at radius 3 is 1.64 bits per heavy atom. The van der Waals surface area contributed by atoms with E-state index in [4.69, 9.17) is 0 Å². The Bertz CT molecular complexity index is 765. The summed E-state index contributed by atoms with van der Waals surface area (Å²) in [5, 5.41) is 0. The molecule has 0 nitrogen and oxygen atoms in total. The molecule has 0 N–H and O–H groups in total. The standard InChI is InChI=1S/C19H13F2.Rb/c1-13-7-9-15(10-8-13)17-12-11-16(18(20)19(17)21)14-5-3-2-4-6-14;/h3-12H,1H3;/q-1;+1. The van der Waals surface area contributed by atoms with Crippen LogP contribution in [-0.4, -0.2) is 0 Å². The summed E-state index contributed by atoms with van der Waals surface area (Å²) in [5.74, 6) is -1.64. The molecule has 3 aromatic rings. The van der Waals surface area contributed by atoms with E-state index in [1.54, 1.807) is 48.5 Å². The van der Waals surface area contributed by atoms with Crippen LogP contribution in [-0.2, 0) is 0 Å². The first-order chi connectivity index (χ1) is 10.2. The molecular weight excluding hydrogens is 352 g/mol. The summed E-state index contributed by atoms with van der Waals surface area (Å²) in [6.45, 7) is 1.95. The third-order valence-corrected chi connectivity index (χ3v) is 3.47. The van der Waals surface area contributed by atoms with Gasteiger partial charge in [-0.15, -0.1) is 5.56 Å². The van der Waals surface area contributed by atoms with Crippen molar-refractivity contribution in [2.24, 2.45) is 0 Å². The van der Waals surface area contributed by atoms with E-state index in [2.05, 4.69) is 6.07 Å². The topological polar surface area (TPSA) is 0 Å². The van der Waals surface area contributed by atoms with Gasteiger partial charge in [-0.05, 0) is 18.1 Å². The smallest absolute Gasteiger partial charge is 0.203 e. The van der Waals surface area contributed by atoms with Gasteiger partial charge in [-0.3, -0.25) is 0 Å². The van der Waals surface area contributed by atoms with Gasteiger partial charge in [0.1, 0.15) is 0 Å². The minimum absolute atomic E-state index is 0. The van der Waals surface area contributed by atoms with Crippen molar-refractivity contribution in [2.45, 2.75) is 6.92 Å². The van der Waals surface area contributed by atoms with Crippen molar-refractivity contribution in [1.29, 1.82) is 0 Å². The zero-order valence-corrected chi connectivity index (χ0v) is 17.4. The Hall–Kier alpha value is -0.675. The van der Waals surface area contributed by atoms with E-state index < -0.39 is 11.6 Å². The average Bonchev–Trinajstić information content (AvgIpc) is 2.52. The summed E-state index contributed by atoms with van der Waals surface area (Å²) in [6, 6.07) is 20.2. The van der Waals surface area contributed by atoms with E-state index >= 15 is 0 Å². The molecule has 0 unspecified atom stereocenters. The van der Waals surface area contributed by atoms with Crippen LogP contribution < -0.4 is 58.2 Å². The Morgan fingerprint density at radius 2 is 1.14 bits per heavy atom. The minimum Gasteiger partial charge on any atom is -0.203 e. The average molecular weight is 365 g/mol. The van der Waals surface area contributed by atoms with Gasteiger partial charge in [0.2, 0.25) is 0 Å². The fraction of sp³-hybridized carbons (Fsp3) is 0.0526. The summed E-state index contributed by atoms with van der Waals surface area (Å²) in [6.07, 6.45) is 0. The molecule has 0 amide bonds. The predicted molar refractivity (Wildman–Crippen MR) is 80.8 cm³/mol. The van der Waals surface area contributed by atoms with Crippen LogP contribution in [0.1, 0.15) is 5.56 Å². The Morgan fingerprint density at radius 1 is 0.682 bits per heavy atom. The number of hydrogen-bond donors (Lipinski definition) is 0. The van der Waals surface area contributed by atoms with Crippen LogP contribution in [0.5, 0.6) is 0 Å². The summed E-state index contributed by atoms with van der Waals surface area (Å²) in [5.41, 5.74) is 2.93. The summed E-state index contributed by atoms with van der Waals surface area (Å²) >= 11 is 0. The summed E-state index contributed by atoms with van der Waals surface area (Å²) < 4.78 is 28.7. The van der Waals surface area contributed by atoms with Crippen LogP contribution in [0, 0.1) is 24.6 Å². The second-order valence-corrected chi connectivity index (χ2v) is 4.94. The molecule has 0 saturated carbocycles. The molecule has 0 heterocycles. The zero-order valence-electron chi connectivity index (χ0n) is 12.5. The van der Waals surface area contributed by atoms with Crippen molar-refractivity contribution in [3.05, 3.63) is 83.9 Å². The van der Waals surface area contributed by atoms with E-state index in [1.165, 1.54) is 0 Å². The summed E-state index contributed by atoms with van der Waals surface area (Å²) in [7, 11) is 0. The van der Waals surface area contributed by atoms with Gasteiger partial charge in [0.05, 0.1) is 0 Å². The normalized spacial score (nSPS) is 10.1.